The molecule has 0 unspecified atom stereocenters. The molecule has 10 heteroatoms. The second-order valence-corrected chi connectivity index (χ2v) is 10.5. The maximum atomic E-state index is 13.4. The Hall–Kier alpha value is -3.17. The molecule has 0 radical (unpaired) electrons. The summed E-state index contributed by atoms with van der Waals surface area (Å²) < 4.78 is 5.66. The van der Waals surface area contributed by atoms with Crippen LogP contribution >= 0.6 is 11.6 Å². The highest BCUT2D eigenvalue weighted by Crippen LogP contribution is 2.34. The van der Waals surface area contributed by atoms with Crippen LogP contribution in [0.2, 0.25) is 5.02 Å². The van der Waals surface area contributed by atoms with Crippen LogP contribution in [0.25, 0.3) is 0 Å². The number of fused-ring (bicyclic) bond motifs is 1. The van der Waals surface area contributed by atoms with Crippen LogP contribution in [0.1, 0.15) is 58.4 Å². The van der Waals surface area contributed by atoms with Gasteiger partial charge in [0, 0.05) is 18.7 Å². The molecule has 0 saturated heterocycles. The molecule has 2 atom stereocenters. The zero-order valence-electron chi connectivity index (χ0n) is 22.3. The van der Waals surface area contributed by atoms with Gasteiger partial charge in [-0.3, -0.25) is 15.0 Å². The summed E-state index contributed by atoms with van der Waals surface area (Å²) in [6, 6.07) is 11.7. The Morgan fingerprint density at radius 1 is 1.21 bits per heavy atom. The molecule has 0 aromatic heterocycles. The second-order valence-electron chi connectivity index (χ2n) is 10.1. The van der Waals surface area contributed by atoms with Crippen LogP contribution in [-0.2, 0) is 11.3 Å². The molecule has 2 aromatic carbocycles. The molecule has 0 bridgehead atoms. The fraction of sp³-hybridized carbons (Fsp3) is 0.500. The van der Waals surface area contributed by atoms with Crippen molar-refractivity contribution < 1.29 is 19.5 Å². The first kappa shape index (κ1) is 27.9. The molecule has 1 saturated carbocycles. The van der Waals surface area contributed by atoms with Crippen LogP contribution in [0.15, 0.2) is 42.5 Å². The first-order valence-electron chi connectivity index (χ1n) is 13.4. The summed E-state index contributed by atoms with van der Waals surface area (Å²) in [6.45, 7) is 6.85. The van der Waals surface area contributed by atoms with Gasteiger partial charge in [0.1, 0.15) is 17.5 Å². The standard InChI is InChI=1S/C28H38ClN5O4/c1-4-15-38-23-13-14-26(24(29)16-23)34(37)33-17-19(2)32(18-21-9-5-8-12-25(21)33)28(36)30-20(3)27(35)31-22-10-6-7-11-22/h5,8-9,12-14,16,19-20,22,37H,4,6-7,10-11,15,17-18H2,1-3H3,(H,30,36)(H,31,35)/t19-,20+/m1/s1. The fourth-order valence-corrected chi connectivity index (χ4v) is 5.20. The van der Waals surface area contributed by atoms with E-state index in [1.54, 1.807) is 35.0 Å². The summed E-state index contributed by atoms with van der Waals surface area (Å²) in [6.07, 6.45) is 5.09. The maximum absolute atomic E-state index is 13.4. The van der Waals surface area contributed by atoms with Crippen molar-refractivity contribution in [2.24, 2.45) is 0 Å². The Balaban J connectivity index is 1.50. The van der Waals surface area contributed by atoms with Crippen molar-refractivity contribution in [2.75, 3.05) is 23.3 Å². The van der Waals surface area contributed by atoms with E-state index < -0.39 is 6.04 Å². The summed E-state index contributed by atoms with van der Waals surface area (Å²) in [5.74, 6) is 0.463. The van der Waals surface area contributed by atoms with Crippen molar-refractivity contribution in [2.45, 2.75) is 77.5 Å². The highest BCUT2D eigenvalue weighted by atomic mass is 35.5. The Labute approximate surface area is 229 Å². The van der Waals surface area contributed by atoms with E-state index in [1.165, 1.54) is 0 Å². The summed E-state index contributed by atoms with van der Waals surface area (Å²) in [5, 5.41) is 20.3. The number of carbonyl (C=O) groups is 2. The minimum atomic E-state index is -0.661. The molecule has 4 rings (SSSR count). The Morgan fingerprint density at radius 2 is 1.95 bits per heavy atom. The highest BCUT2D eigenvalue weighted by molar-refractivity contribution is 6.33. The monoisotopic (exact) mass is 543 g/mol. The molecule has 3 amide bonds. The molecule has 1 heterocycles. The molecule has 1 fully saturated rings. The summed E-state index contributed by atoms with van der Waals surface area (Å²) in [4.78, 5) is 27.7. The van der Waals surface area contributed by atoms with Crippen molar-refractivity contribution in [3.8, 4) is 5.75 Å². The summed E-state index contributed by atoms with van der Waals surface area (Å²) >= 11 is 6.53. The number of nitrogens with one attached hydrogen (secondary N) is 2. The van der Waals surface area contributed by atoms with E-state index in [1.807, 2.05) is 38.1 Å². The van der Waals surface area contributed by atoms with Gasteiger partial charge in [-0.15, -0.1) is 0 Å². The van der Waals surface area contributed by atoms with E-state index in [0.29, 0.717) is 36.2 Å². The largest absolute Gasteiger partial charge is 0.494 e. The van der Waals surface area contributed by atoms with Crippen LogP contribution in [0.5, 0.6) is 5.75 Å². The lowest BCUT2D eigenvalue weighted by Gasteiger charge is -2.35. The van der Waals surface area contributed by atoms with Crippen LogP contribution in [-0.4, -0.2) is 53.3 Å². The number of carbonyl (C=O) groups excluding carboxylic acids is 2. The van der Waals surface area contributed by atoms with Gasteiger partial charge in [-0.25, -0.2) is 4.79 Å². The van der Waals surface area contributed by atoms with Crippen LogP contribution < -0.4 is 25.6 Å². The number of anilines is 2. The first-order valence-corrected chi connectivity index (χ1v) is 13.8. The van der Waals surface area contributed by atoms with Crippen molar-refractivity contribution in [1.29, 1.82) is 0 Å². The zero-order chi connectivity index (χ0) is 27.2. The molecular formula is C28H38ClN5O4. The number of hydrogen-bond acceptors (Lipinski definition) is 6. The van der Waals surface area contributed by atoms with E-state index in [4.69, 9.17) is 16.3 Å². The minimum absolute atomic E-state index is 0.169. The van der Waals surface area contributed by atoms with Gasteiger partial charge in [0.05, 0.1) is 29.9 Å². The number of benzene rings is 2. The fourth-order valence-electron chi connectivity index (χ4n) is 4.95. The molecule has 1 aliphatic heterocycles. The van der Waals surface area contributed by atoms with E-state index in [9.17, 15) is 14.8 Å². The lowest BCUT2D eigenvalue weighted by Crippen LogP contribution is -2.54. The van der Waals surface area contributed by atoms with Gasteiger partial charge in [0.2, 0.25) is 5.91 Å². The minimum Gasteiger partial charge on any atom is -0.494 e. The lowest BCUT2D eigenvalue weighted by atomic mass is 10.1. The number of hydrazine groups is 1. The molecule has 206 valence electrons. The van der Waals surface area contributed by atoms with E-state index >= 15 is 0 Å². The average Bonchev–Trinajstić information content (AvgIpc) is 3.36. The lowest BCUT2D eigenvalue weighted by molar-refractivity contribution is -0.123. The van der Waals surface area contributed by atoms with Gasteiger partial charge in [0.25, 0.3) is 0 Å². The van der Waals surface area contributed by atoms with E-state index in [-0.39, 0.29) is 24.0 Å². The second kappa shape index (κ2) is 12.6. The highest BCUT2D eigenvalue weighted by Gasteiger charge is 2.33. The normalized spacial score (nSPS) is 18.4. The van der Waals surface area contributed by atoms with Gasteiger partial charge < -0.3 is 20.3 Å². The number of hydrogen-bond donors (Lipinski definition) is 3. The Morgan fingerprint density at radius 3 is 2.66 bits per heavy atom. The van der Waals surface area contributed by atoms with Crippen molar-refractivity contribution in [1.82, 2.24) is 15.5 Å². The van der Waals surface area contributed by atoms with Crippen LogP contribution in [0, 0.1) is 0 Å². The number of urea groups is 1. The van der Waals surface area contributed by atoms with E-state index in [2.05, 4.69) is 10.6 Å². The third kappa shape index (κ3) is 6.45. The molecule has 2 aromatic rings. The summed E-state index contributed by atoms with van der Waals surface area (Å²) in [5.41, 5.74) is 2.01. The third-order valence-corrected chi connectivity index (χ3v) is 7.41. The molecular weight excluding hydrogens is 506 g/mol. The smallest absolute Gasteiger partial charge is 0.318 e. The predicted molar refractivity (Wildman–Crippen MR) is 149 cm³/mol. The molecule has 1 aliphatic carbocycles. The van der Waals surface area contributed by atoms with Crippen molar-refractivity contribution >= 4 is 34.9 Å². The molecule has 9 nitrogen and oxygen atoms in total. The number of halogens is 1. The quantitative estimate of drug-likeness (QED) is 0.400. The van der Waals surface area contributed by atoms with Gasteiger partial charge in [0.15, 0.2) is 0 Å². The molecule has 2 aliphatic rings. The number of amides is 3. The number of para-hydroxylation sites is 1. The van der Waals surface area contributed by atoms with Gasteiger partial charge in [-0.2, -0.15) is 5.17 Å². The Kier molecular flexibility index (Phi) is 9.22. The number of rotatable bonds is 8. The molecule has 0 spiro atoms. The maximum Gasteiger partial charge on any atom is 0.318 e. The average molecular weight is 544 g/mol. The van der Waals surface area contributed by atoms with Crippen LogP contribution in [0.4, 0.5) is 16.2 Å². The molecule has 38 heavy (non-hydrogen) atoms. The SMILES string of the molecule is CCCOc1ccc(N(O)N2C[C@@H](C)N(C(=O)N[C@@H](C)C(=O)NC3CCCC3)Cc3ccccc32)c(Cl)c1. The van der Waals surface area contributed by atoms with Gasteiger partial charge in [-0.1, -0.05) is 49.6 Å². The molecule has 3 N–H and O–H groups in total. The topological polar surface area (TPSA) is 97.4 Å². The number of ether oxygens (including phenoxy) is 1. The van der Waals surface area contributed by atoms with Crippen LogP contribution in [0.3, 0.4) is 0 Å². The first-order chi connectivity index (χ1) is 18.3. The van der Waals surface area contributed by atoms with Gasteiger partial charge >= 0.3 is 6.03 Å². The Bertz CT molecular complexity index is 1130. The third-order valence-electron chi connectivity index (χ3n) is 7.11. The predicted octanol–water partition coefficient (Wildman–Crippen LogP) is 5.11. The number of nitrogens with zero attached hydrogens (tertiary/aromatic N) is 3. The van der Waals surface area contributed by atoms with Gasteiger partial charge in [-0.05, 0) is 56.9 Å². The van der Waals surface area contributed by atoms with Crippen molar-refractivity contribution in [3.63, 3.8) is 0 Å². The zero-order valence-corrected chi connectivity index (χ0v) is 23.1. The van der Waals surface area contributed by atoms with Crippen molar-refractivity contribution in [3.05, 3.63) is 53.1 Å². The summed E-state index contributed by atoms with van der Waals surface area (Å²) in [7, 11) is 0. The van der Waals surface area contributed by atoms with E-state index in [0.717, 1.165) is 48.5 Å².